The Labute approximate surface area is 193 Å². The SMILES string of the molecule is Cc1ccc(CN2C(=O)N/C(=C/c3cc(Br)ccc3OCc3ccc(F)cc3)C2=O)cc1. The molecule has 1 saturated heterocycles. The summed E-state index contributed by atoms with van der Waals surface area (Å²) in [5.74, 6) is -0.183. The molecule has 7 heteroatoms. The lowest BCUT2D eigenvalue weighted by molar-refractivity contribution is -0.123. The summed E-state index contributed by atoms with van der Waals surface area (Å²) < 4.78 is 19.8. The van der Waals surface area contributed by atoms with Gasteiger partial charge in [0.2, 0.25) is 0 Å². The van der Waals surface area contributed by atoms with Gasteiger partial charge in [-0.2, -0.15) is 0 Å². The van der Waals surface area contributed by atoms with Crippen molar-refractivity contribution in [3.05, 3.63) is 105 Å². The zero-order chi connectivity index (χ0) is 22.7. The van der Waals surface area contributed by atoms with E-state index in [1.807, 2.05) is 37.3 Å². The molecule has 0 unspecified atom stereocenters. The minimum atomic E-state index is -0.467. The van der Waals surface area contributed by atoms with Crippen molar-refractivity contribution in [1.29, 1.82) is 0 Å². The van der Waals surface area contributed by atoms with Crippen LogP contribution in [-0.4, -0.2) is 16.8 Å². The number of ether oxygens (including phenoxy) is 1. The second kappa shape index (κ2) is 9.36. The Hall–Kier alpha value is -3.45. The molecule has 0 radical (unpaired) electrons. The molecule has 3 aromatic rings. The first-order valence-electron chi connectivity index (χ1n) is 9.96. The number of carbonyl (C=O) groups is 2. The maximum atomic E-state index is 13.1. The molecule has 162 valence electrons. The molecule has 0 saturated carbocycles. The minimum absolute atomic E-state index is 0.173. The Kier molecular flexibility index (Phi) is 6.37. The molecule has 0 bridgehead atoms. The Bertz CT molecular complexity index is 1190. The predicted molar refractivity (Wildman–Crippen MR) is 123 cm³/mol. The highest BCUT2D eigenvalue weighted by atomic mass is 79.9. The number of hydrogen-bond acceptors (Lipinski definition) is 3. The fourth-order valence-electron chi connectivity index (χ4n) is 3.25. The summed E-state index contributed by atoms with van der Waals surface area (Å²) in [5.41, 5.74) is 3.58. The third-order valence-electron chi connectivity index (χ3n) is 5.00. The van der Waals surface area contributed by atoms with E-state index < -0.39 is 11.9 Å². The van der Waals surface area contributed by atoms with Gasteiger partial charge in [-0.1, -0.05) is 57.9 Å². The molecule has 1 aliphatic heterocycles. The van der Waals surface area contributed by atoms with Crippen LogP contribution in [0.3, 0.4) is 0 Å². The first kappa shape index (κ1) is 21.8. The molecule has 1 fully saturated rings. The standard InChI is InChI=1S/C25H20BrFN2O3/c1-16-2-4-17(5-3-16)14-29-24(30)22(28-25(29)31)13-19-12-20(26)8-11-23(19)32-15-18-6-9-21(27)10-7-18/h2-13H,14-15H2,1H3,(H,28,31)/b22-13+. The zero-order valence-electron chi connectivity index (χ0n) is 17.3. The number of imide groups is 1. The molecule has 0 spiro atoms. The molecule has 0 atom stereocenters. The highest BCUT2D eigenvalue weighted by molar-refractivity contribution is 9.10. The average Bonchev–Trinajstić information content (AvgIpc) is 3.03. The van der Waals surface area contributed by atoms with Gasteiger partial charge in [-0.25, -0.2) is 9.18 Å². The third-order valence-corrected chi connectivity index (χ3v) is 5.50. The lowest BCUT2D eigenvalue weighted by Gasteiger charge is -2.12. The van der Waals surface area contributed by atoms with Gasteiger partial charge < -0.3 is 10.1 Å². The van der Waals surface area contributed by atoms with Crippen molar-refractivity contribution in [2.75, 3.05) is 0 Å². The predicted octanol–water partition coefficient (Wildman–Crippen LogP) is 5.57. The summed E-state index contributed by atoms with van der Waals surface area (Å²) in [6.45, 7) is 2.40. The van der Waals surface area contributed by atoms with Gasteiger partial charge in [-0.05, 0) is 54.5 Å². The number of carbonyl (C=O) groups excluding carboxylic acids is 2. The molecule has 4 rings (SSSR count). The highest BCUT2D eigenvalue weighted by Gasteiger charge is 2.33. The summed E-state index contributed by atoms with van der Waals surface area (Å²) in [4.78, 5) is 26.5. The number of halogens is 2. The monoisotopic (exact) mass is 494 g/mol. The zero-order valence-corrected chi connectivity index (χ0v) is 18.9. The van der Waals surface area contributed by atoms with Gasteiger partial charge in [0.15, 0.2) is 0 Å². The number of nitrogens with zero attached hydrogens (tertiary/aromatic N) is 1. The summed E-state index contributed by atoms with van der Waals surface area (Å²) in [7, 11) is 0. The van der Waals surface area contributed by atoms with Crippen molar-refractivity contribution in [1.82, 2.24) is 10.2 Å². The number of hydrogen-bond donors (Lipinski definition) is 1. The van der Waals surface area contributed by atoms with Crippen LogP contribution in [0.25, 0.3) is 6.08 Å². The topological polar surface area (TPSA) is 58.6 Å². The minimum Gasteiger partial charge on any atom is -0.488 e. The molecule has 5 nitrogen and oxygen atoms in total. The quantitative estimate of drug-likeness (QED) is 0.360. The van der Waals surface area contributed by atoms with Crippen LogP contribution >= 0.6 is 15.9 Å². The Morgan fingerprint density at radius 2 is 1.69 bits per heavy atom. The van der Waals surface area contributed by atoms with E-state index >= 15 is 0 Å². The van der Waals surface area contributed by atoms with Gasteiger partial charge in [-0.3, -0.25) is 9.69 Å². The second-order valence-corrected chi connectivity index (χ2v) is 8.38. The van der Waals surface area contributed by atoms with Gasteiger partial charge in [0, 0.05) is 10.0 Å². The van der Waals surface area contributed by atoms with Crippen molar-refractivity contribution in [2.45, 2.75) is 20.1 Å². The fourth-order valence-corrected chi connectivity index (χ4v) is 3.63. The molecule has 1 N–H and O–H groups in total. The van der Waals surface area contributed by atoms with Crippen LogP contribution in [0.5, 0.6) is 5.75 Å². The molecule has 0 aromatic heterocycles. The first-order chi connectivity index (χ1) is 15.4. The Balaban J connectivity index is 1.54. The number of benzene rings is 3. The number of nitrogens with one attached hydrogen (secondary N) is 1. The molecular weight excluding hydrogens is 475 g/mol. The van der Waals surface area contributed by atoms with Crippen molar-refractivity contribution < 1.29 is 18.7 Å². The van der Waals surface area contributed by atoms with Gasteiger partial charge >= 0.3 is 6.03 Å². The maximum Gasteiger partial charge on any atom is 0.329 e. The largest absolute Gasteiger partial charge is 0.488 e. The summed E-state index contributed by atoms with van der Waals surface area (Å²) in [6, 6.07) is 18.6. The highest BCUT2D eigenvalue weighted by Crippen LogP contribution is 2.27. The van der Waals surface area contributed by atoms with Crippen LogP contribution in [0.2, 0.25) is 0 Å². The normalized spacial score (nSPS) is 14.7. The van der Waals surface area contributed by atoms with Crippen molar-refractivity contribution in [2.24, 2.45) is 0 Å². The number of rotatable bonds is 6. The van der Waals surface area contributed by atoms with E-state index in [1.54, 1.807) is 30.3 Å². The van der Waals surface area contributed by atoms with Crippen LogP contribution in [-0.2, 0) is 17.9 Å². The smallest absolute Gasteiger partial charge is 0.329 e. The van der Waals surface area contributed by atoms with E-state index in [9.17, 15) is 14.0 Å². The first-order valence-corrected chi connectivity index (χ1v) is 10.8. The van der Waals surface area contributed by atoms with Gasteiger partial charge in [0.1, 0.15) is 23.9 Å². The van der Waals surface area contributed by atoms with E-state index in [-0.39, 0.29) is 24.7 Å². The summed E-state index contributed by atoms with van der Waals surface area (Å²) in [6.07, 6.45) is 1.60. The van der Waals surface area contributed by atoms with Gasteiger partial charge in [0.25, 0.3) is 5.91 Å². The van der Waals surface area contributed by atoms with Crippen molar-refractivity contribution in [3.63, 3.8) is 0 Å². The Morgan fingerprint density at radius 1 is 1.00 bits per heavy atom. The molecule has 32 heavy (non-hydrogen) atoms. The molecule has 1 aliphatic rings. The molecular formula is C25H20BrFN2O3. The summed E-state index contributed by atoms with van der Waals surface area (Å²) >= 11 is 3.43. The molecule has 1 heterocycles. The van der Waals surface area contributed by atoms with Crippen LogP contribution < -0.4 is 10.1 Å². The molecule has 3 aromatic carbocycles. The Morgan fingerprint density at radius 3 is 2.41 bits per heavy atom. The van der Waals surface area contributed by atoms with Crippen molar-refractivity contribution in [3.8, 4) is 5.75 Å². The van der Waals surface area contributed by atoms with E-state index in [1.165, 1.54) is 17.0 Å². The lowest BCUT2D eigenvalue weighted by atomic mass is 10.1. The van der Waals surface area contributed by atoms with Crippen LogP contribution in [0.1, 0.15) is 22.3 Å². The van der Waals surface area contributed by atoms with Crippen molar-refractivity contribution >= 4 is 33.9 Å². The van der Waals surface area contributed by atoms with E-state index in [0.29, 0.717) is 11.3 Å². The van der Waals surface area contributed by atoms with Gasteiger partial charge in [-0.15, -0.1) is 0 Å². The number of urea groups is 1. The van der Waals surface area contributed by atoms with Crippen LogP contribution in [0.15, 0.2) is 76.9 Å². The molecule has 3 amide bonds. The van der Waals surface area contributed by atoms with Gasteiger partial charge in [0.05, 0.1) is 6.54 Å². The fraction of sp³-hybridized carbons (Fsp3) is 0.120. The summed E-state index contributed by atoms with van der Waals surface area (Å²) in [5, 5.41) is 2.65. The number of aryl methyl sites for hydroxylation is 1. The third kappa shape index (κ3) is 5.06. The average molecular weight is 495 g/mol. The van der Waals surface area contributed by atoms with E-state index in [2.05, 4.69) is 21.2 Å². The maximum absolute atomic E-state index is 13.1. The van der Waals surface area contributed by atoms with E-state index in [4.69, 9.17) is 4.74 Å². The number of amides is 3. The molecule has 0 aliphatic carbocycles. The van der Waals surface area contributed by atoms with E-state index in [0.717, 1.165) is 21.2 Å². The van der Waals surface area contributed by atoms with Crippen LogP contribution in [0.4, 0.5) is 9.18 Å². The lowest BCUT2D eigenvalue weighted by Crippen LogP contribution is -2.30. The second-order valence-electron chi connectivity index (χ2n) is 7.46. The van der Waals surface area contributed by atoms with Crippen LogP contribution in [0, 0.1) is 12.7 Å².